The van der Waals surface area contributed by atoms with E-state index in [1.54, 1.807) is 0 Å². The number of aliphatic hydroxyl groups excluding tert-OH is 1. The summed E-state index contributed by atoms with van der Waals surface area (Å²) in [5.74, 6) is 2.12. The summed E-state index contributed by atoms with van der Waals surface area (Å²) in [7, 11) is 4.02. The van der Waals surface area contributed by atoms with Crippen molar-refractivity contribution in [3.8, 4) is 0 Å². The Hall–Kier alpha value is -0.680. The number of hydrogen-bond acceptors (Lipinski definition) is 4. The first-order valence-corrected chi connectivity index (χ1v) is 7.31. The third-order valence-electron chi connectivity index (χ3n) is 3.18. The molecular weight excluding hydrogens is 234 g/mol. The van der Waals surface area contributed by atoms with Gasteiger partial charge in [-0.1, -0.05) is 6.92 Å². The molecule has 0 aliphatic heterocycles. The maximum atomic E-state index is 9.46. The Morgan fingerprint density at radius 3 is 2.65 bits per heavy atom. The number of aromatic nitrogens is 2. The van der Waals surface area contributed by atoms with E-state index in [-0.39, 0.29) is 6.61 Å². The molecule has 1 N–H and O–H groups in total. The van der Waals surface area contributed by atoms with Gasteiger partial charge in [-0.15, -0.1) is 0 Å². The average molecular weight is 257 g/mol. The molecule has 0 aromatic carbocycles. The van der Waals surface area contributed by atoms with E-state index in [4.69, 9.17) is 0 Å². The summed E-state index contributed by atoms with van der Waals surface area (Å²) in [6.45, 7) is 4.19. The summed E-state index contributed by atoms with van der Waals surface area (Å²) in [6.07, 6.45) is 3.21. The molecule has 5 heteroatoms. The average Bonchev–Trinajstić information content (AvgIpc) is 2.59. The van der Waals surface area contributed by atoms with E-state index in [2.05, 4.69) is 30.2 Å². The lowest BCUT2D eigenvalue weighted by Gasteiger charge is -2.29. The van der Waals surface area contributed by atoms with Crippen molar-refractivity contribution in [3.05, 3.63) is 11.3 Å². The number of rotatable bonds is 6. The summed E-state index contributed by atoms with van der Waals surface area (Å²) in [5, 5.41) is 13.8. The van der Waals surface area contributed by atoms with Gasteiger partial charge in [-0.2, -0.15) is 16.9 Å². The molecule has 0 aliphatic carbocycles. The van der Waals surface area contributed by atoms with Gasteiger partial charge in [-0.3, -0.25) is 4.68 Å². The Labute approximate surface area is 108 Å². The molecule has 0 bridgehead atoms. The van der Waals surface area contributed by atoms with Crippen LogP contribution in [0.3, 0.4) is 0 Å². The van der Waals surface area contributed by atoms with Gasteiger partial charge in [0.15, 0.2) is 0 Å². The van der Waals surface area contributed by atoms with Crippen LogP contribution in [0.25, 0.3) is 0 Å². The number of aliphatic hydroxyl groups is 1. The maximum Gasteiger partial charge on any atom is 0.132 e. The Morgan fingerprint density at radius 2 is 2.18 bits per heavy atom. The van der Waals surface area contributed by atoms with Gasteiger partial charge in [0.05, 0.1) is 12.3 Å². The lowest BCUT2D eigenvalue weighted by Crippen LogP contribution is -2.35. The molecule has 0 aliphatic rings. The van der Waals surface area contributed by atoms with Crippen molar-refractivity contribution in [3.63, 3.8) is 0 Å². The Kier molecular flexibility index (Phi) is 5.33. The maximum absolute atomic E-state index is 9.46. The van der Waals surface area contributed by atoms with E-state index in [0.29, 0.717) is 6.04 Å². The van der Waals surface area contributed by atoms with Crippen molar-refractivity contribution < 1.29 is 5.11 Å². The highest BCUT2D eigenvalue weighted by Gasteiger charge is 2.21. The lowest BCUT2D eigenvalue weighted by molar-refractivity contribution is 0.281. The Balaban J connectivity index is 3.05. The van der Waals surface area contributed by atoms with Crippen LogP contribution in [0, 0.1) is 6.92 Å². The van der Waals surface area contributed by atoms with Crippen LogP contribution in [0.1, 0.15) is 24.6 Å². The van der Waals surface area contributed by atoms with Gasteiger partial charge < -0.3 is 10.0 Å². The van der Waals surface area contributed by atoms with Crippen molar-refractivity contribution in [1.29, 1.82) is 0 Å². The van der Waals surface area contributed by atoms with Gasteiger partial charge in [-0.25, -0.2) is 0 Å². The smallest absolute Gasteiger partial charge is 0.132 e. The van der Waals surface area contributed by atoms with Crippen molar-refractivity contribution >= 4 is 17.6 Å². The highest BCUT2D eigenvalue weighted by Crippen LogP contribution is 2.25. The van der Waals surface area contributed by atoms with Crippen LogP contribution in [0.2, 0.25) is 0 Å². The van der Waals surface area contributed by atoms with Gasteiger partial charge in [0, 0.05) is 31.5 Å². The molecule has 0 saturated carbocycles. The zero-order valence-electron chi connectivity index (χ0n) is 11.4. The monoisotopic (exact) mass is 257 g/mol. The van der Waals surface area contributed by atoms with Crippen LogP contribution >= 0.6 is 11.8 Å². The molecule has 1 rings (SSSR count). The summed E-state index contributed by atoms with van der Waals surface area (Å²) in [4.78, 5) is 2.24. The first kappa shape index (κ1) is 14.4. The van der Waals surface area contributed by atoms with Gasteiger partial charge in [-0.05, 0) is 19.6 Å². The highest BCUT2D eigenvalue weighted by molar-refractivity contribution is 7.98. The molecule has 1 atom stereocenters. The zero-order valence-corrected chi connectivity index (χ0v) is 12.2. The first-order chi connectivity index (χ1) is 8.06. The van der Waals surface area contributed by atoms with E-state index in [0.717, 1.165) is 29.2 Å². The standard InChI is InChI=1S/C12H23N3OS/c1-6-10(8-17-5)14(3)12-11(7-16)9(2)13-15(12)4/h10,16H,6-8H2,1-5H3. The SMILES string of the molecule is CCC(CSC)N(C)c1c(CO)c(C)nn1C. The van der Waals surface area contributed by atoms with Crippen molar-refractivity contribution in [2.24, 2.45) is 7.05 Å². The molecule has 1 unspecified atom stereocenters. The van der Waals surface area contributed by atoms with Crippen molar-refractivity contribution in [2.45, 2.75) is 32.9 Å². The Bertz CT molecular complexity index is 365. The molecule has 0 spiro atoms. The number of nitrogens with zero attached hydrogens (tertiary/aromatic N) is 3. The second kappa shape index (κ2) is 6.31. The van der Waals surface area contributed by atoms with E-state index in [9.17, 15) is 5.11 Å². The van der Waals surface area contributed by atoms with E-state index in [1.807, 2.05) is 30.4 Å². The molecule has 0 fully saturated rings. The highest BCUT2D eigenvalue weighted by atomic mass is 32.2. The molecular formula is C12H23N3OS. The van der Waals surface area contributed by atoms with Gasteiger partial charge in [0.25, 0.3) is 0 Å². The van der Waals surface area contributed by atoms with E-state index >= 15 is 0 Å². The molecule has 1 aromatic rings. The van der Waals surface area contributed by atoms with Gasteiger partial charge in [0.2, 0.25) is 0 Å². The number of anilines is 1. The largest absolute Gasteiger partial charge is 0.391 e. The summed E-state index contributed by atoms with van der Waals surface area (Å²) in [6, 6.07) is 0.477. The first-order valence-electron chi connectivity index (χ1n) is 5.91. The summed E-state index contributed by atoms with van der Waals surface area (Å²) < 4.78 is 1.86. The van der Waals surface area contributed by atoms with Crippen LogP contribution in [-0.4, -0.2) is 40.0 Å². The quantitative estimate of drug-likeness (QED) is 0.844. The number of hydrogen-bond donors (Lipinski definition) is 1. The molecule has 17 heavy (non-hydrogen) atoms. The molecule has 0 amide bonds. The molecule has 1 heterocycles. The predicted octanol–water partition coefficient (Wildman–Crippen LogP) is 1.80. The van der Waals surface area contributed by atoms with E-state index < -0.39 is 0 Å². The number of aryl methyl sites for hydroxylation is 2. The second-order valence-corrected chi connectivity index (χ2v) is 5.21. The van der Waals surface area contributed by atoms with Crippen LogP contribution < -0.4 is 4.90 Å². The van der Waals surface area contributed by atoms with Crippen molar-refractivity contribution in [2.75, 3.05) is 24.0 Å². The van der Waals surface area contributed by atoms with Crippen LogP contribution in [-0.2, 0) is 13.7 Å². The molecule has 0 radical (unpaired) electrons. The summed E-state index contributed by atoms with van der Waals surface area (Å²) in [5.41, 5.74) is 1.85. The Morgan fingerprint density at radius 1 is 1.53 bits per heavy atom. The van der Waals surface area contributed by atoms with Crippen LogP contribution in [0.15, 0.2) is 0 Å². The fraction of sp³-hybridized carbons (Fsp3) is 0.750. The summed E-state index contributed by atoms with van der Waals surface area (Å²) >= 11 is 1.85. The fourth-order valence-corrected chi connectivity index (χ4v) is 3.03. The topological polar surface area (TPSA) is 41.3 Å². The minimum Gasteiger partial charge on any atom is -0.391 e. The predicted molar refractivity (Wildman–Crippen MR) is 74.7 cm³/mol. The molecule has 4 nitrogen and oxygen atoms in total. The fourth-order valence-electron chi connectivity index (χ4n) is 2.18. The zero-order chi connectivity index (χ0) is 13.0. The van der Waals surface area contributed by atoms with Gasteiger partial charge in [0.1, 0.15) is 5.82 Å². The molecule has 0 saturated heterocycles. The lowest BCUT2D eigenvalue weighted by atomic mass is 10.2. The van der Waals surface area contributed by atoms with Crippen LogP contribution in [0.5, 0.6) is 0 Å². The number of thioether (sulfide) groups is 1. The van der Waals surface area contributed by atoms with Crippen molar-refractivity contribution in [1.82, 2.24) is 9.78 Å². The molecule has 98 valence electrons. The molecule has 1 aromatic heterocycles. The second-order valence-electron chi connectivity index (χ2n) is 4.30. The van der Waals surface area contributed by atoms with E-state index in [1.165, 1.54) is 0 Å². The normalized spacial score (nSPS) is 12.8. The third-order valence-corrected chi connectivity index (χ3v) is 3.90. The third kappa shape index (κ3) is 2.96. The minimum absolute atomic E-state index is 0.0506. The van der Waals surface area contributed by atoms with Gasteiger partial charge >= 0.3 is 0 Å². The minimum atomic E-state index is 0.0506. The van der Waals surface area contributed by atoms with Crippen LogP contribution in [0.4, 0.5) is 5.82 Å².